The van der Waals surface area contributed by atoms with Gasteiger partial charge in [0.05, 0.1) is 10.7 Å². The molecule has 5 rings (SSSR count). The molecule has 1 fully saturated rings. The topological polar surface area (TPSA) is 62.2 Å². The molecule has 3 heterocycles. The third-order valence-corrected chi connectivity index (χ3v) is 8.00. The fraction of sp³-hybridized carbons (Fsp3) is 0.333. The number of hydrogen-bond acceptors (Lipinski definition) is 5. The van der Waals surface area contributed by atoms with Gasteiger partial charge in [0.25, 0.3) is 0 Å². The van der Waals surface area contributed by atoms with Crippen molar-refractivity contribution in [2.45, 2.75) is 52.5 Å². The van der Waals surface area contributed by atoms with E-state index in [4.69, 9.17) is 26.8 Å². The van der Waals surface area contributed by atoms with E-state index in [-0.39, 0.29) is 17.8 Å². The number of pyridine rings is 1. The highest BCUT2D eigenvalue weighted by atomic mass is 35.5. The molecule has 1 saturated heterocycles. The van der Waals surface area contributed by atoms with Gasteiger partial charge >= 0.3 is 0 Å². The van der Waals surface area contributed by atoms with Crippen LogP contribution in [-0.4, -0.2) is 51.7 Å². The van der Waals surface area contributed by atoms with Crippen LogP contribution in [0.4, 0.5) is 10.2 Å². The van der Waals surface area contributed by atoms with Crippen molar-refractivity contribution < 1.29 is 9.18 Å². The summed E-state index contributed by atoms with van der Waals surface area (Å²) in [5.41, 5.74) is 5.45. The van der Waals surface area contributed by atoms with E-state index in [1.165, 1.54) is 23.3 Å². The lowest BCUT2D eigenvalue weighted by atomic mass is 9.92. The van der Waals surface area contributed by atoms with Crippen LogP contribution in [0.1, 0.15) is 44.7 Å². The van der Waals surface area contributed by atoms with E-state index in [1.54, 1.807) is 23.1 Å². The first-order valence-electron chi connectivity index (χ1n) is 14.3. The summed E-state index contributed by atoms with van der Waals surface area (Å²) in [4.78, 5) is 21.3. The number of aromatic nitrogens is 3. The number of benzene rings is 2. The molecule has 0 bridgehead atoms. The molecular formula is C33H35ClFN5O. The van der Waals surface area contributed by atoms with Crippen molar-refractivity contribution in [3.8, 4) is 22.5 Å². The molecule has 0 spiro atoms. The van der Waals surface area contributed by atoms with Crippen molar-refractivity contribution in [3.63, 3.8) is 0 Å². The van der Waals surface area contributed by atoms with Crippen LogP contribution in [0.25, 0.3) is 33.4 Å². The second-order valence-electron chi connectivity index (χ2n) is 10.5. The van der Waals surface area contributed by atoms with Gasteiger partial charge in [-0.1, -0.05) is 75.2 Å². The molecule has 0 N–H and O–H groups in total. The molecule has 0 aliphatic carbocycles. The number of halogens is 2. The third-order valence-electron chi connectivity index (χ3n) is 7.71. The lowest BCUT2D eigenvalue weighted by molar-refractivity contribution is -0.126. The van der Waals surface area contributed by atoms with Crippen molar-refractivity contribution in [2.24, 2.45) is 0 Å². The summed E-state index contributed by atoms with van der Waals surface area (Å²) in [6, 6.07) is 14.7. The van der Waals surface area contributed by atoms with Crippen molar-refractivity contribution >= 4 is 34.2 Å². The molecule has 1 aliphatic heterocycles. The van der Waals surface area contributed by atoms with E-state index in [2.05, 4.69) is 50.4 Å². The fourth-order valence-corrected chi connectivity index (χ4v) is 6.03. The molecule has 41 heavy (non-hydrogen) atoms. The van der Waals surface area contributed by atoms with E-state index >= 15 is 0 Å². The minimum Gasteiger partial charge on any atom is -0.348 e. The van der Waals surface area contributed by atoms with Gasteiger partial charge in [0.1, 0.15) is 17.0 Å². The predicted octanol–water partition coefficient (Wildman–Crippen LogP) is 7.28. The fourth-order valence-electron chi connectivity index (χ4n) is 5.78. The van der Waals surface area contributed by atoms with Crippen LogP contribution in [-0.2, 0) is 17.6 Å². The van der Waals surface area contributed by atoms with Crippen LogP contribution in [0.5, 0.6) is 0 Å². The van der Waals surface area contributed by atoms with Gasteiger partial charge in [0.2, 0.25) is 5.91 Å². The minimum atomic E-state index is -0.389. The molecule has 0 unspecified atom stereocenters. The number of anilines is 1. The first-order valence-corrected chi connectivity index (χ1v) is 14.7. The zero-order valence-electron chi connectivity index (χ0n) is 23.8. The standard InChI is InChI=1S/C33H35ClFN5O/c1-5-11-22-13-10-14-23(12-6-2)29(22)32-31-25(19-26(34)30(36-31)24-15-8-9-16-27(24)35)33(38-37-32)40-18-17-39(20-21(40)4)28(41)7-3/h7-10,13-16,19,21H,3,5-6,11-12,17-18,20H2,1-2,4H3/t21-/m0/s1. The Balaban J connectivity index is 1.76. The molecule has 8 heteroatoms. The molecule has 0 radical (unpaired) electrons. The van der Waals surface area contributed by atoms with E-state index in [0.717, 1.165) is 36.6 Å². The molecule has 6 nitrogen and oxygen atoms in total. The van der Waals surface area contributed by atoms with Crippen LogP contribution in [0.15, 0.2) is 61.2 Å². The molecular weight excluding hydrogens is 537 g/mol. The highest BCUT2D eigenvalue weighted by Crippen LogP contribution is 2.40. The largest absolute Gasteiger partial charge is 0.348 e. The quantitative estimate of drug-likeness (QED) is 0.208. The van der Waals surface area contributed by atoms with Crippen LogP contribution >= 0.6 is 11.6 Å². The number of fused-ring (bicyclic) bond motifs is 1. The Morgan fingerprint density at radius 3 is 2.39 bits per heavy atom. The Morgan fingerprint density at radius 2 is 1.76 bits per heavy atom. The Hall–Kier alpha value is -3.84. The van der Waals surface area contributed by atoms with Gasteiger partial charge < -0.3 is 9.80 Å². The normalized spacial score (nSPS) is 15.4. The zero-order chi connectivity index (χ0) is 29.1. The third kappa shape index (κ3) is 5.55. The second-order valence-corrected chi connectivity index (χ2v) is 11.0. The van der Waals surface area contributed by atoms with Crippen LogP contribution in [0.3, 0.4) is 0 Å². The molecule has 212 valence electrons. The minimum absolute atomic E-state index is 0.0240. The maximum Gasteiger partial charge on any atom is 0.246 e. The van der Waals surface area contributed by atoms with Crippen LogP contribution < -0.4 is 4.90 Å². The summed E-state index contributed by atoms with van der Waals surface area (Å²) in [7, 11) is 0. The summed E-state index contributed by atoms with van der Waals surface area (Å²) >= 11 is 6.84. The van der Waals surface area contributed by atoms with Gasteiger partial charge in [-0.3, -0.25) is 4.79 Å². The van der Waals surface area contributed by atoms with Gasteiger partial charge in [-0.25, -0.2) is 9.37 Å². The highest BCUT2D eigenvalue weighted by molar-refractivity contribution is 6.34. The lowest BCUT2D eigenvalue weighted by Crippen LogP contribution is -2.53. The number of amides is 1. The smallest absolute Gasteiger partial charge is 0.246 e. The molecule has 0 saturated carbocycles. The van der Waals surface area contributed by atoms with Gasteiger partial charge in [-0.2, -0.15) is 0 Å². The van der Waals surface area contributed by atoms with Crippen molar-refractivity contribution in [1.29, 1.82) is 0 Å². The number of piperazine rings is 1. The number of aryl methyl sites for hydroxylation is 2. The molecule has 1 amide bonds. The summed E-state index contributed by atoms with van der Waals surface area (Å²) in [5.74, 6) is 0.180. The average molecular weight is 572 g/mol. The monoisotopic (exact) mass is 571 g/mol. The van der Waals surface area contributed by atoms with Crippen molar-refractivity contribution in [3.05, 3.63) is 83.2 Å². The highest BCUT2D eigenvalue weighted by Gasteiger charge is 2.30. The van der Waals surface area contributed by atoms with E-state index in [9.17, 15) is 9.18 Å². The number of hydrogen-bond donors (Lipinski definition) is 0. The Labute approximate surface area is 245 Å². The summed E-state index contributed by atoms with van der Waals surface area (Å²) < 4.78 is 15.0. The first-order chi connectivity index (χ1) is 19.9. The Morgan fingerprint density at radius 1 is 1.05 bits per heavy atom. The Kier molecular flexibility index (Phi) is 8.64. The van der Waals surface area contributed by atoms with Gasteiger partial charge in [-0.05, 0) is 55.2 Å². The van der Waals surface area contributed by atoms with E-state index in [1.807, 2.05) is 6.07 Å². The summed E-state index contributed by atoms with van der Waals surface area (Å²) in [6.45, 7) is 11.7. The van der Waals surface area contributed by atoms with E-state index in [0.29, 0.717) is 52.9 Å². The second kappa shape index (κ2) is 12.4. The number of nitrogens with zero attached hydrogens (tertiary/aromatic N) is 5. The summed E-state index contributed by atoms with van der Waals surface area (Å²) in [5, 5.41) is 10.7. The van der Waals surface area contributed by atoms with Gasteiger partial charge in [0.15, 0.2) is 5.82 Å². The Bertz CT molecular complexity index is 1580. The van der Waals surface area contributed by atoms with E-state index < -0.39 is 0 Å². The van der Waals surface area contributed by atoms with Crippen LogP contribution in [0.2, 0.25) is 5.02 Å². The van der Waals surface area contributed by atoms with Gasteiger partial charge in [-0.15, -0.1) is 10.2 Å². The molecule has 4 aromatic rings. The zero-order valence-corrected chi connectivity index (χ0v) is 24.6. The number of carbonyl (C=O) groups is 1. The molecule has 1 aliphatic rings. The summed E-state index contributed by atoms with van der Waals surface area (Å²) in [6.07, 6.45) is 5.10. The van der Waals surface area contributed by atoms with Gasteiger partial charge in [0, 0.05) is 42.2 Å². The SMILES string of the molecule is C=CC(=O)N1CCN(c2nnc(-c3c(CCC)cccc3CCC)c3nc(-c4ccccc4F)c(Cl)cc23)[C@@H](C)C1. The first kappa shape index (κ1) is 28.7. The maximum atomic E-state index is 15.0. The lowest BCUT2D eigenvalue weighted by Gasteiger charge is -2.40. The molecule has 1 atom stereocenters. The average Bonchev–Trinajstić information content (AvgIpc) is 2.97. The molecule has 2 aromatic carbocycles. The predicted molar refractivity (Wildman–Crippen MR) is 165 cm³/mol. The van der Waals surface area contributed by atoms with Crippen LogP contribution in [0, 0.1) is 5.82 Å². The number of carbonyl (C=O) groups excluding carboxylic acids is 1. The number of rotatable bonds is 8. The molecule has 2 aromatic heterocycles. The maximum absolute atomic E-state index is 15.0. The van der Waals surface area contributed by atoms with Crippen molar-refractivity contribution in [1.82, 2.24) is 20.1 Å². The van der Waals surface area contributed by atoms with Crippen molar-refractivity contribution in [2.75, 3.05) is 24.5 Å².